The van der Waals surface area contributed by atoms with Gasteiger partial charge in [0.2, 0.25) is 11.8 Å². The predicted octanol–water partition coefficient (Wildman–Crippen LogP) is 5.46. The highest BCUT2D eigenvalue weighted by Crippen LogP contribution is 2.64. The van der Waals surface area contributed by atoms with Crippen molar-refractivity contribution >= 4 is 41.0 Å². The molecule has 5 atom stereocenters. The first-order chi connectivity index (χ1) is 25.5. The van der Waals surface area contributed by atoms with Crippen LogP contribution in [0.1, 0.15) is 45.7 Å². The molecule has 0 unspecified atom stereocenters. The van der Waals surface area contributed by atoms with Crippen molar-refractivity contribution in [2.24, 2.45) is 11.3 Å². The van der Waals surface area contributed by atoms with Crippen molar-refractivity contribution in [3.05, 3.63) is 136 Å². The minimum absolute atomic E-state index is 0.0140. The average molecular weight is 706 g/mol. The molecule has 5 aliphatic heterocycles. The number of likely N-dealkylation sites (tertiary alicyclic amines) is 3. The van der Waals surface area contributed by atoms with Gasteiger partial charge in [-0.3, -0.25) is 29.0 Å². The molecule has 3 saturated heterocycles. The number of hydrogen-bond acceptors (Lipinski definition) is 6. The molecule has 0 aromatic heterocycles. The lowest BCUT2D eigenvalue weighted by molar-refractivity contribution is -0.155. The number of rotatable bonds is 3. The van der Waals surface area contributed by atoms with Crippen LogP contribution >= 0.6 is 0 Å². The van der Waals surface area contributed by atoms with E-state index in [1.807, 2.05) is 129 Å². The summed E-state index contributed by atoms with van der Waals surface area (Å²) in [6, 6.07) is 31.4. The molecule has 4 aromatic rings. The Morgan fingerprint density at radius 1 is 0.755 bits per heavy atom. The second kappa shape index (κ2) is 11.8. The molecule has 3 amide bonds. The van der Waals surface area contributed by atoms with Gasteiger partial charge in [-0.1, -0.05) is 96.1 Å². The molecule has 3 fully saturated rings. The quantitative estimate of drug-likeness (QED) is 0.275. The summed E-state index contributed by atoms with van der Waals surface area (Å²) >= 11 is 0. The lowest BCUT2D eigenvalue weighted by atomic mass is 9.56. The third kappa shape index (κ3) is 4.38. The molecular weight excluding hydrogens is 663 g/mol. The lowest BCUT2D eigenvalue weighted by Crippen LogP contribution is -2.67. The molecule has 2 N–H and O–H groups in total. The van der Waals surface area contributed by atoms with E-state index < -0.39 is 28.3 Å². The first kappa shape index (κ1) is 33.5. The number of carbonyl (C=O) groups excluding carboxylic acids is 4. The Labute approximate surface area is 309 Å². The molecule has 0 aliphatic carbocycles. The van der Waals surface area contributed by atoms with Crippen LogP contribution in [0.4, 0.5) is 11.4 Å². The molecule has 5 aliphatic rings. The zero-order valence-corrected chi connectivity index (χ0v) is 30.5. The van der Waals surface area contributed by atoms with Crippen LogP contribution in [0.25, 0.3) is 6.08 Å². The van der Waals surface area contributed by atoms with Gasteiger partial charge in [0, 0.05) is 60.2 Å². The minimum Gasteiger partial charge on any atom is -0.337 e. The maximum Gasteiger partial charge on any atom is 0.250 e. The van der Waals surface area contributed by atoms with Crippen LogP contribution in [0, 0.1) is 25.2 Å². The Morgan fingerprint density at radius 2 is 1.36 bits per heavy atom. The number of anilines is 2. The van der Waals surface area contributed by atoms with E-state index >= 15 is 9.59 Å². The molecule has 9 nitrogen and oxygen atoms in total. The van der Waals surface area contributed by atoms with Crippen molar-refractivity contribution in [2.45, 2.75) is 37.3 Å². The fourth-order valence-corrected chi connectivity index (χ4v) is 10.6. The third-order valence-electron chi connectivity index (χ3n) is 13.0. The van der Waals surface area contributed by atoms with Gasteiger partial charge in [-0.2, -0.15) is 0 Å². The van der Waals surface area contributed by atoms with Crippen molar-refractivity contribution in [1.29, 1.82) is 0 Å². The summed E-state index contributed by atoms with van der Waals surface area (Å²) in [6.07, 6.45) is 2.37. The topological polar surface area (TPSA) is 102 Å². The number of Topliss-reactive ketones (excluding diaryl/α,β-unsaturated/α-hetero) is 1. The van der Waals surface area contributed by atoms with Crippen LogP contribution in [-0.4, -0.2) is 78.5 Å². The SMILES string of the molecule is Cc1ccc(/C=C2\CN(C(=O)[C@@H]3CCN(C)[C@]34C(=O)Nc3ccccc34)C[C@]3(C2=O)[C@H](c2ccc(C)cc2)CN(C)[C@]32C(=O)Nc3ccccc32)cc1. The van der Waals surface area contributed by atoms with Crippen LogP contribution in [0.15, 0.2) is 103 Å². The summed E-state index contributed by atoms with van der Waals surface area (Å²) in [7, 11) is 3.84. The fourth-order valence-electron chi connectivity index (χ4n) is 10.6. The van der Waals surface area contributed by atoms with Gasteiger partial charge in [0.1, 0.15) is 11.1 Å². The summed E-state index contributed by atoms with van der Waals surface area (Å²) in [4.78, 5) is 66.3. The number of nitrogens with zero attached hydrogens (tertiary/aromatic N) is 3. The number of para-hydroxylation sites is 2. The first-order valence-corrected chi connectivity index (χ1v) is 18.4. The molecule has 0 radical (unpaired) electrons. The van der Waals surface area contributed by atoms with Gasteiger partial charge < -0.3 is 15.5 Å². The van der Waals surface area contributed by atoms with Gasteiger partial charge in [0.25, 0.3) is 5.91 Å². The fraction of sp³-hybridized carbons (Fsp3) is 0.318. The number of ketones is 1. The molecule has 53 heavy (non-hydrogen) atoms. The summed E-state index contributed by atoms with van der Waals surface area (Å²) in [5.74, 6) is -1.96. The summed E-state index contributed by atoms with van der Waals surface area (Å²) < 4.78 is 0. The van der Waals surface area contributed by atoms with Gasteiger partial charge in [0.05, 0.1) is 11.3 Å². The number of likely N-dealkylation sites (N-methyl/N-ethyl adjacent to an activating group) is 2. The van der Waals surface area contributed by atoms with Crippen molar-refractivity contribution < 1.29 is 19.2 Å². The Kier molecular flexibility index (Phi) is 7.46. The number of fused-ring (bicyclic) bond motifs is 5. The van der Waals surface area contributed by atoms with E-state index in [9.17, 15) is 9.59 Å². The summed E-state index contributed by atoms with van der Waals surface area (Å²) in [5, 5.41) is 6.22. The van der Waals surface area contributed by atoms with Gasteiger partial charge in [-0.15, -0.1) is 0 Å². The van der Waals surface area contributed by atoms with E-state index in [0.717, 1.165) is 33.4 Å². The predicted molar refractivity (Wildman–Crippen MR) is 204 cm³/mol. The summed E-state index contributed by atoms with van der Waals surface area (Å²) in [5.41, 5.74) is 3.32. The van der Waals surface area contributed by atoms with Crippen LogP contribution in [-0.2, 0) is 30.3 Å². The maximum atomic E-state index is 15.9. The Balaban J connectivity index is 1.27. The van der Waals surface area contributed by atoms with E-state index in [4.69, 9.17) is 0 Å². The molecule has 0 saturated carbocycles. The zero-order valence-electron chi connectivity index (χ0n) is 30.5. The van der Waals surface area contributed by atoms with Crippen molar-refractivity contribution in [2.75, 3.05) is 50.9 Å². The van der Waals surface area contributed by atoms with E-state index in [1.54, 1.807) is 4.90 Å². The highest BCUT2D eigenvalue weighted by molar-refractivity contribution is 6.16. The molecule has 4 aromatic carbocycles. The molecule has 5 heterocycles. The minimum atomic E-state index is -1.41. The van der Waals surface area contributed by atoms with Crippen LogP contribution in [0.2, 0.25) is 0 Å². The average Bonchev–Trinajstić information content (AvgIpc) is 3.84. The lowest BCUT2D eigenvalue weighted by Gasteiger charge is -2.52. The normalized spacial score (nSPS) is 30.1. The highest BCUT2D eigenvalue weighted by Gasteiger charge is 2.75. The molecule has 268 valence electrons. The zero-order chi connectivity index (χ0) is 36.9. The number of aryl methyl sites for hydroxylation is 2. The standard InChI is InChI=1S/C44H43N5O4/c1-27-13-17-29(18-14-27)23-31-24-49(39(51)34-21-22-47(3)43(34)32-9-5-7-11-36(32)45-40(43)52)26-42(38(31)50)35(30-19-15-28(2)16-20-30)25-48(4)44(42)33-10-6-8-12-37(33)46-41(44)53/h5-20,23,34-35H,21-22,24-26H2,1-4H3,(H,45,52)(H,46,53)/b31-23+/t34-,35-,42+,43-,44+/m0/s1. The van der Waals surface area contributed by atoms with E-state index in [1.165, 1.54) is 0 Å². The van der Waals surface area contributed by atoms with Crippen molar-refractivity contribution in [3.63, 3.8) is 0 Å². The highest BCUT2D eigenvalue weighted by atomic mass is 16.2. The molecular formula is C44H43N5O4. The number of carbonyl (C=O) groups is 4. The number of piperidine rings is 1. The number of hydrogen-bond donors (Lipinski definition) is 2. The van der Waals surface area contributed by atoms with E-state index in [2.05, 4.69) is 22.8 Å². The van der Waals surface area contributed by atoms with E-state index in [-0.39, 0.29) is 36.6 Å². The first-order valence-electron chi connectivity index (χ1n) is 18.4. The van der Waals surface area contributed by atoms with Crippen LogP contribution in [0.5, 0.6) is 0 Å². The molecule has 9 heteroatoms. The Morgan fingerprint density at radius 3 is 2.06 bits per heavy atom. The second-order valence-electron chi connectivity index (χ2n) is 15.7. The second-order valence-corrected chi connectivity index (χ2v) is 15.7. The Hall–Kier alpha value is -5.38. The smallest absolute Gasteiger partial charge is 0.250 e. The molecule has 0 bridgehead atoms. The van der Waals surface area contributed by atoms with Crippen LogP contribution in [0.3, 0.4) is 0 Å². The number of nitrogens with one attached hydrogen (secondary N) is 2. The van der Waals surface area contributed by atoms with E-state index in [0.29, 0.717) is 36.5 Å². The number of benzene rings is 4. The monoisotopic (exact) mass is 705 g/mol. The van der Waals surface area contributed by atoms with Crippen molar-refractivity contribution in [3.8, 4) is 0 Å². The van der Waals surface area contributed by atoms with Gasteiger partial charge in [-0.25, -0.2) is 0 Å². The van der Waals surface area contributed by atoms with Gasteiger partial charge in [-0.05, 0) is 63.7 Å². The maximum absolute atomic E-state index is 15.9. The largest absolute Gasteiger partial charge is 0.337 e. The third-order valence-corrected chi connectivity index (χ3v) is 13.0. The Bertz CT molecular complexity index is 2250. The van der Waals surface area contributed by atoms with Gasteiger partial charge in [0.15, 0.2) is 5.78 Å². The van der Waals surface area contributed by atoms with Crippen molar-refractivity contribution in [1.82, 2.24) is 14.7 Å². The number of amides is 3. The van der Waals surface area contributed by atoms with Crippen LogP contribution < -0.4 is 10.6 Å². The summed E-state index contributed by atoms with van der Waals surface area (Å²) in [6.45, 7) is 5.10. The molecule has 3 spiro atoms. The van der Waals surface area contributed by atoms with Gasteiger partial charge >= 0.3 is 0 Å². The molecule has 9 rings (SSSR count).